The second-order valence-corrected chi connectivity index (χ2v) is 10.8. The van der Waals surface area contributed by atoms with Crippen LogP contribution in [0.15, 0.2) is 0 Å². The lowest BCUT2D eigenvalue weighted by Gasteiger charge is -2.29. The van der Waals surface area contributed by atoms with Crippen molar-refractivity contribution in [3.05, 3.63) is 0 Å². The van der Waals surface area contributed by atoms with E-state index in [1.807, 2.05) is 0 Å². The van der Waals surface area contributed by atoms with Crippen LogP contribution in [0.1, 0.15) is 92.4 Å². The first-order valence-electron chi connectivity index (χ1n) is 9.88. The van der Waals surface area contributed by atoms with Gasteiger partial charge in [-0.2, -0.15) is 0 Å². The van der Waals surface area contributed by atoms with E-state index in [1.165, 1.54) is 57.8 Å². The molecule has 0 aliphatic heterocycles. The molecule has 0 aromatic carbocycles. The summed E-state index contributed by atoms with van der Waals surface area (Å²) in [6.07, 6.45) is 11.8. The molecule has 0 heterocycles. The molecular weight excluding hydrogens is 288 g/mol. The third kappa shape index (κ3) is 11.7. The molecule has 0 saturated heterocycles. The van der Waals surface area contributed by atoms with Crippen molar-refractivity contribution in [2.45, 2.75) is 104 Å². The van der Waals surface area contributed by atoms with Gasteiger partial charge >= 0.3 is 8.56 Å². The second kappa shape index (κ2) is 14.7. The van der Waals surface area contributed by atoms with Gasteiger partial charge in [-0.15, -0.1) is 0 Å². The van der Waals surface area contributed by atoms with Crippen LogP contribution < -0.4 is 0 Å². The van der Waals surface area contributed by atoms with Gasteiger partial charge in [0.1, 0.15) is 0 Å². The Morgan fingerprint density at radius 3 is 1.68 bits per heavy atom. The molecule has 3 heteroatoms. The Morgan fingerprint density at radius 2 is 1.18 bits per heavy atom. The van der Waals surface area contributed by atoms with E-state index < -0.39 is 8.56 Å². The summed E-state index contributed by atoms with van der Waals surface area (Å²) in [5, 5.41) is 0. The smallest absolute Gasteiger partial charge is 0.337 e. The molecule has 0 aromatic heterocycles. The Balaban J connectivity index is 3.77. The van der Waals surface area contributed by atoms with Crippen molar-refractivity contribution >= 4 is 8.56 Å². The van der Waals surface area contributed by atoms with Gasteiger partial charge in [0, 0.05) is 13.2 Å². The second-order valence-electron chi connectivity index (χ2n) is 6.97. The Labute approximate surface area is 141 Å². The van der Waals surface area contributed by atoms with Crippen molar-refractivity contribution in [3.63, 3.8) is 0 Å². The number of rotatable bonds is 16. The fourth-order valence-corrected chi connectivity index (χ4v) is 5.20. The lowest BCUT2D eigenvalue weighted by Crippen LogP contribution is -2.41. The molecule has 0 bridgehead atoms. The maximum Gasteiger partial charge on any atom is 0.337 e. The van der Waals surface area contributed by atoms with Crippen LogP contribution >= 0.6 is 0 Å². The molecule has 22 heavy (non-hydrogen) atoms. The van der Waals surface area contributed by atoms with Crippen LogP contribution in [-0.2, 0) is 8.85 Å². The van der Waals surface area contributed by atoms with Crippen LogP contribution in [0.4, 0.5) is 0 Å². The quantitative estimate of drug-likeness (QED) is 0.232. The maximum atomic E-state index is 6.28. The van der Waals surface area contributed by atoms with Crippen molar-refractivity contribution < 1.29 is 8.85 Å². The largest absolute Gasteiger partial charge is 0.394 e. The van der Waals surface area contributed by atoms with Gasteiger partial charge in [-0.3, -0.25) is 0 Å². The maximum absolute atomic E-state index is 6.28. The zero-order valence-corrected chi connectivity index (χ0v) is 17.1. The van der Waals surface area contributed by atoms with Gasteiger partial charge in [-0.25, -0.2) is 0 Å². The molecule has 0 fully saturated rings. The summed E-state index contributed by atoms with van der Waals surface area (Å²) in [6, 6.07) is 2.17. The summed E-state index contributed by atoms with van der Waals surface area (Å²) < 4.78 is 12.5. The monoisotopic (exact) mass is 330 g/mol. The number of hydrogen-bond donors (Lipinski definition) is 0. The highest BCUT2D eigenvalue weighted by Crippen LogP contribution is 2.20. The predicted molar refractivity (Wildman–Crippen MR) is 101 cm³/mol. The van der Waals surface area contributed by atoms with Crippen LogP contribution in [0.25, 0.3) is 0 Å². The van der Waals surface area contributed by atoms with Gasteiger partial charge in [0.05, 0.1) is 0 Å². The molecular formula is C19H42O2Si. The molecule has 0 aliphatic rings. The van der Waals surface area contributed by atoms with Crippen molar-refractivity contribution in [3.8, 4) is 0 Å². The molecule has 0 amide bonds. The van der Waals surface area contributed by atoms with Crippen LogP contribution in [0, 0.1) is 5.92 Å². The van der Waals surface area contributed by atoms with E-state index in [9.17, 15) is 0 Å². The molecule has 0 radical (unpaired) electrons. The predicted octanol–water partition coefficient (Wildman–Crippen LogP) is 6.69. The lowest BCUT2D eigenvalue weighted by molar-refractivity contribution is 0.161. The van der Waals surface area contributed by atoms with Crippen LogP contribution in [0.2, 0.25) is 12.1 Å². The first kappa shape index (κ1) is 22.1. The van der Waals surface area contributed by atoms with Crippen molar-refractivity contribution in [2.75, 3.05) is 13.2 Å². The van der Waals surface area contributed by atoms with Crippen LogP contribution in [0.3, 0.4) is 0 Å². The Kier molecular flexibility index (Phi) is 14.8. The van der Waals surface area contributed by atoms with Gasteiger partial charge in [0.2, 0.25) is 0 Å². The fourth-order valence-electron chi connectivity index (χ4n) is 2.77. The SMILES string of the molecule is CCCCCCCCCO[Si](CC)(CC)OCCCC(C)C. The van der Waals surface area contributed by atoms with Crippen molar-refractivity contribution in [2.24, 2.45) is 5.92 Å². The first-order valence-corrected chi connectivity index (χ1v) is 12.1. The highest BCUT2D eigenvalue weighted by Gasteiger charge is 2.33. The minimum absolute atomic E-state index is 0.775. The summed E-state index contributed by atoms with van der Waals surface area (Å²) in [5.41, 5.74) is 0. The Morgan fingerprint density at radius 1 is 0.682 bits per heavy atom. The molecule has 0 atom stereocenters. The molecule has 0 N–H and O–H groups in total. The Hall–Kier alpha value is 0.137. The number of hydrogen-bond acceptors (Lipinski definition) is 2. The van der Waals surface area contributed by atoms with E-state index in [0.717, 1.165) is 31.2 Å². The van der Waals surface area contributed by atoms with Crippen molar-refractivity contribution in [1.82, 2.24) is 0 Å². The van der Waals surface area contributed by atoms with E-state index in [4.69, 9.17) is 8.85 Å². The van der Waals surface area contributed by atoms with Crippen molar-refractivity contribution in [1.29, 1.82) is 0 Å². The molecule has 0 rings (SSSR count). The molecule has 0 saturated carbocycles. The topological polar surface area (TPSA) is 18.5 Å². The van der Waals surface area contributed by atoms with E-state index in [2.05, 4.69) is 34.6 Å². The highest BCUT2D eigenvalue weighted by molar-refractivity contribution is 6.67. The molecule has 0 aromatic rings. The van der Waals surface area contributed by atoms with E-state index in [-0.39, 0.29) is 0 Å². The summed E-state index contributed by atoms with van der Waals surface area (Å²) in [5.74, 6) is 0.775. The minimum Gasteiger partial charge on any atom is -0.394 e. The third-order valence-corrected chi connectivity index (χ3v) is 8.10. The molecule has 0 aliphatic carbocycles. The zero-order chi connectivity index (χ0) is 16.7. The standard InChI is InChI=1S/C19H42O2Si/c1-6-9-10-11-12-13-14-17-20-22(7-2,8-3)21-18-15-16-19(4)5/h19H,6-18H2,1-5H3. The van der Waals surface area contributed by atoms with Gasteiger partial charge < -0.3 is 8.85 Å². The van der Waals surface area contributed by atoms with E-state index >= 15 is 0 Å². The van der Waals surface area contributed by atoms with Gasteiger partial charge in [0.15, 0.2) is 0 Å². The van der Waals surface area contributed by atoms with Gasteiger partial charge in [0.25, 0.3) is 0 Å². The van der Waals surface area contributed by atoms with Crippen LogP contribution in [0.5, 0.6) is 0 Å². The lowest BCUT2D eigenvalue weighted by atomic mass is 10.1. The average Bonchev–Trinajstić information content (AvgIpc) is 2.52. The zero-order valence-electron chi connectivity index (χ0n) is 16.1. The third-order valence-electron chi connectivity index (χ3n) is 4.48. The van der Waals surface area contributed by atoms with Crippen LogP contribution in [-0.4, -0.2) is 21.8 Å². The average molecular weight is 331 g/mol. The molecule has 2 nitrogen and oxygen atoms in total. The molecule has 0 spiro atoms. The number of unbranched alkanes of at least 4 members (excludes halogenated alkanes) is 6. The van der Waals surface area contributed by atoms with E-state index in [0.29, 0.717) is 0 Å². The summed E-state index contributed by atoms with van der Waals surface area (Å²) >= 11 is 0. The summed E-state index contributed by atoms with van der Waals surface area (Å²) in [6.45, 7) is 13.1. The normalized spacial score (nSPS) is 12.3. The first-order chi connectivity index (χ1) is 10.6. The van der Waals surface area contributed by atoms with Gasteiger partial charge in [-0.05, 0) is 37.3 Å². The molecule has 134 valence electrons. The molecule has 0 unspecified atom stereocenters. The fraction of sp³-hybridized carbons (Fsp3) is 1.00. The minimum atomic E-state index is -1.90. The summed E-state index contributed by atoms with van der Waals surface area (Å²) in [7, 11) is -1.90. The highest BCUT2D eigenvalue weighted by atomic mass is 28.4. The van der Waals surface area contributed by atoms with E-state index in [1.54, 1.807) is 0 Å². The summed E-state index contributed by atoms with van der Waals surface area (Å²) in [4.78, 5) is 0. The Bertz CT molecular complexity index is 227. The van der Waals surface area contributed by atoms with Gasteiger partial charge in [-0.1, -0.05) is 73.1 Å².